The predicted octanol–water partition coefficient (Wildman–Crippen LogP) is 2.36. The Kier molecular flexibility index (Phi) is 5.78. The summed E-state index contributed by atoms with van der Waals surface area (Å²) in [7, 11) is 0. The van der Waals surface area contributed by atoms with E-state index in [-0.39, 0.29) is 0 Å². The van der Waals surface area contributed by atoms with Crippen LogP contribution in [-0.2, 0) is 0 Å². The van der Waals surface area contributed by atoms with Crippen molar-refractivity contribution in [2.24, 2.45) is 0 Å². The van der Waals surface area contributed by atoms with Crippen molar-refractivity contribution in [2.45, 2.75) is 20.3 Å². The summed E-state index contributed by atoms with van der Waals surface area (Å²) in [4.78, 5) is 5.88. The van der Waals surface area contributed by atoms with Crippen LogP contribution in [0.4, 0.5) is 10.1 Å². The van der Waals surface area contributed by atoms with Crippen molar-refractivity contribution in [3.05, 3.63) is 24.3 Å². The molecule has 3 nitrogen and oxygen atoms in total. The van der Waals surface area contributed by atoms with Crippen LogP contribution in [-0.4, -0.2) is 36.1 Å². The van der Waals surface area contributed by atoms with E-state index in [4.69, 9.17) is 0 Å². The number of rotatable bonds is 7. The molecular weight excluding hydrogens is 205 g/mol. The third-order valence-electron chi connectivity index (χ3n) is 2.47. The van der Waals surface area contributed by atoms with E-state index in [1.807, 2.05) is 0 Å². The first-order valence-corrected chi connectivity index (χ1v) is 5.84. The zero-order chi connectivity index (χ0) is 11.8. The molecule has 0 amide bonds. The molecule has 1 rings (SSSR count). The minimum atomic E-state index is -0.439. The quantitative estimate of drug-likeness (QED) is 0.722. The number of nitrogens with one attached hydrogen (secondary N) is 1. The number of halogens is 1. The van der Waals surface area contributed by atoms with E-state index >= 15 is 0 Å². The number of hydrogen-bond acceptors (Lipinski definition) is 3. The minimum absolute atomic E-state index is 0.439. The number of aromatic nitrogens is 1. The Hall–Kier alpha value is -1.16. The Bertz CT molecular complexity index is 304. The third-order valence-corrected chi connectivity index (χ3v) is 2.47. The minimum Gasteiger partial charge on any atom is -0.384 e. The van der Waals surface area contributed by atoms with Crippen LogP contribution >= 0.6 is 0 Å². The van der Waals surface area contributed by atoms with Crippen LogP contribution in [0, 0.1) is 5.95 Å². The van der Waals surface area contributed by atoms with Gasteiger partial charge in [0, 0.05) is 31.0 Å². The maximum absolute atomic E-state index is 12.8. The van der Waals surface area contributed by atoms with E-state index in [1.165, 1.54) is 12.3 Å². The van der Waals surface area contributed by atoms with Crippen LogP contribution in [0.5, 0.6) is 0 Å². The van der Waals surface area contributed by atoms with Crippen molar-refractivity contribution in [2.75, 3.05) is 31.5 Å². The molecule has 0 aliphatic rings. The van der Waals surface area contributed by atoms with E-state index in [1.54, 1.807) is 6.07 Å². The molecule has 16 heavy (non-hydrogen) atoms. The topological polar surface area (TPSA) is 28.2 Å². The van der Waals surface area contributed by atoms with Crippen molar-refractivity contribution in [1.29, 1.82) is 0 Å². The first kappa shape index (κ1) is 12.9. The summed E-state index contributed by atoms with van der Waals surface area (Å²) in [6.07, 6.45) is 2.64. The molecule has 0 atom stereocenters. The Balaban J connectivity index is 2.29. The fraction of sp³-hybridized carbons (Fsp3) is 0.583. The monoisotopic (exact) mass is 225 g/mol. The lowest BCUT2D eigenvalue weighted by Crippen LogP contribution is -2.29. The average Bonchev–Trinajstić information content (AvgIpc) is 2.28. The lowest BCUT2D eigenvalue weighted by atomic mass is 10.3. The third kappa shape index (κ3) is 4.57. The lowest BCUT2D eigenvalue weighted by Gasteiger charge is -2.19. The van der Waals surface area contributed by atoms with Gasteiger partial charge in [-0.2, -0.15) is 4.39 Å². The van der Waals surface area contributed by atoms with Crippen LogP contribution in [0.25, 0.3) is 0 Å². The summed E-state index contributed by atoms with van der Waals surface area (Å²) in [5.41, 5.74) is 0.792. The van der Waals surface area contributed by atoms with Gasteiger partial charge in [0.1, 0.15) is 0 Å². The predicted molar refractivity (Wildman–Crippen MR) is 65.1 cm³/mol. The Labute approximate surface area is 96.7 Å². The highest BCUT2D eigenvalue weighted by atomic mass is 19.1. The molecule has 0 aromatic carbocycles. The molecule has 0 aliphatic heterocycles. The Morgan fingerprint density at radius 1 is 1.38 bits per heavy atom. The maximum atomic E-state index is 12.8. The largest absolute Gasteiger partial charge is 0.384 e. The van der Waals surface area contributed by atoms with Gasteiger partial charge in [-0.15, -0.1) is 0 Å². The van der Waals surface area contributed by atoms with Crippen molar-refractivity contribution in [3.8, 4) is 0 Å². The highest BCUT2D eigenvalue weighted by Gasteiger charge is 2.00. The van der Waals surface area contributed by atoms with Crippen LogP contribution in [0.3, 0.4) is 0 Å². The fourth-order valence-electron chi connectivity index (χ4n) is 1.62. The van der Waals surface area contributed by atoms with Crippen LogP contribution in [0.1, 0.15) is 20.3 Å². The van der Waals surface area contributed by atoms with Gasteiger partial charge in [-0.1, -0.05) is 13.8 Å². The molecule has 1 N–H and O–H groups in total. The first-order valence-electron chi connectivity index (χ1n) is 5.84. The molecule has 1 aromatic heterocycles. The van der Waals surface area contributed by atoms with Gasteiger partial charge in [0.25, 0.3) is 0 Å². The number of anilines is 1. The smallest absolute Gasteiger partial charge is 0.214 e. The summed E-state index contributed by atoms with van der Waals surface area (Å²) in [6, 6.07) is 3.19. The summed E-state index contributed by atoms with van der Waals surface area (Å²) >= 11 is 0. The number of likely N-dealkylation sites (N-methyl/N-ethyl adjacent to an activating group) is 1. The Morgan fingerprint density at radius 2 is 2.19 bits per heavy atom. The van der Waals surface area contributed by atoms with E-state index in [2.05, 4.69) is 29.0 Å². The molecule has 1 aromatic rings. The van der Waals surface area contributed by atoms with E-state index in [0.717, 1.165) is 38.3 Å². The second-order valence-electron chi connectivity index (χ2n) is 3.73. The van der Waals surface area contributed by atoms with Crippen LogP contribution in [0.15, 0.2) is 18.3 Å². The van der Waals surface area contributed by atoms with E-state index < -0.39 is 5.95 Å². The van der Waals surface area contributed by atoms with Gasteiger partial charge in [0.2, 0.25) is 5.95 Å². The molecule has 0 spiro atoms. The SMILES string of the molecule is CCCN(CC)CCNc1ccnc(F)c1. The lowest BCUT2D eigenvalue weighted by molar-refractivity contribution is 0.300. The molecule has 4 heteroatoms. The van der Waals surface area contributed by atoms with Gasteiger partial charge in [-0.05, 0) is 25.6 Å². The Morgan fingerprint density at radius 3 is 2.81 bits per heavy atom. The van der Waals surface area contributed by atoms with Gasteiger partial charge in [0.05, 0.1) is 0 Å². The van der Waals surface area contributed by atoms with E-state index in [0.29, 0.717) is 0 Å². The van der Waals surface area contributed by atoms with Gasteiger partial charge in [-0.25, -0.2) is 4.98 Å². The fourth-order valence-corrected chi connectivity index (χ4v) is 1.62. The maximum Gasteiger partial charge on any atom is 0.214 e. The summed E-state index contributed by atoms with van der Waals surface area (Å²) in [5, 5.41) is 3.19. The van der Waals surface area contributed by atoms with Crippen molar-refractivity contribution >= 4 is 5.69 Å². The molecule has 1 heterocycles. The van der Waals surface area contributed by atoms with Gasteiger partial charge in [0.15, 0.2) is 0 Å². The molecule has 0 aliphatic carbocycles. The summed E-state index contributed by atoms with van der Waals surface area (Å²) in [6.45, 7) is 8.31. The second kappa shape index (κ2) is 7.17. The molecule has 0 bridgehead atoms. The molecular formula is C12H20FN3. The number of pyridine rings is 1. The normalized spacial score (nSPS) is 10.8. The van der Waals surface area contributed by atoms with Gasteiger partial charge < -0.3 is 10.2 Å². The molecule has 0 radical (unpaired) electrons. The zero-order valence-electron chi connectivity index (χ0n) is 10.0. The second-order valence-corrected chi connectivity index (χ2v) is 3.73. The summed E-state index contributed by atoms with van der Waals surface area (Å²) < 4.78 is 12.8. The van der Waals surface area contributed by atoms with Crippen molar-refractivity contribution in [3.63, 3.8) is 0 Å². The van der Waals surface area contributed by atoms with Crippen LogP contribution in [0.2, 0.25) is 0 Å². The first-order chi connectivity index (χ1) is 7.76. The molecule has 0 saturated heterocycles. The van der Waals surface area contributed by atoms with Crippen LogP contribution < -0.4 is 5.32 Å². The highest BCUT2D eigenvalue weighted by molar-refractivity contribution is 5.40. The average molecular weight is 225 g/mol. The van der Waals surface area contributed by atoms with Gasteiger partial charge in [-0.3, -0.25) is 0 Å². The van der Waals surface area contributed by atoms with Crippen molar-refractivity contribution in [1.82, 2.24) is 9.88 Å². The molecule has 0 unspecified atom stereocenters. The standard InChI is InChI=1S/C12H20FN3/c1-3-8-16(4-2)9-7-14-11-5-6-15-12(13)10-11/h5-6,10H,3-4,7-9H2,1-2H3,(H,14,15). The van der Waals surface area contributed by atoms with E-state index in [9.17, 15) is 4.39 Å². The zero-order valence-corrected chi connectivity index (χ0v) is 10.0. The summed E-state index contributed by atoms with van der Waals surface area (Å²) in [5.74, 6) is -0.439. The highest BCUT2D eigenvalue weighted by Crippen LogP contribution is 2.05. The molecule has 0 saturated carbocycles. The van der Waals surface area contributed by atoms with Crippen molar-refractivity contribution < 1.29 is 4.39 Å². The number of hydrogen-bond donors (Lipinski definition) is 1. The molecule has 90 valence electrons. The van der Waals surface area contributed by atoms with Gasteiger partial charge >= 0.3 is 0 Å². The number of nitrogens with zero attached hydrogens (tertiary/aromatic N) is 2. The molecule has 0 fully saturated rings.